The van der Waals surface area contributed by atoms with E-state index in [1.165, 1.54) is 31.3 Å². The standard InChI is InChI=1S/C34H32ClF3N8O6/c1-46(24-5-3-2-4-6-24)28(49)27(48)39-18-15-25(29(50)51)41-26(47)20-7-13-23(14-8-20)40-30-42-31(44-32(43-30)52-19-34(36,37)38)45-33(16-17-33)21-9-11-22(35)12-10-21/h2-14,25H,15-19H2,1H3,(H,39,48)(H,41,47)(H,50,51)(H2,40,42,43,44,45)/t25-/m0/s1. The summed E-state index contributed by atoms with van der Waals surface area (Å²) in [5, 5.41) is 21.0. The van der Waals surface area contributed by atoms with Crippen LogP contribution < -0.4 is 30.9 Å². The molecule has 1 atom stereocenters. The third kappa shape index (κ3) is 10.1. The number of carbonyl (C=O) groups excluding carboxylic acids is 3. The van der Waals surface area contributed by atoms with Crippen molar-refractivity contribution in [3.63, 3.8) is 0 Å². The average molecular weight is 741 g/mol. The largest absolute Gasteiger partial charge is 0.480 e. The maximum absolute atomic E-state index is 12.9. The third-order valence-electron chi connectivity index (χ3n) is 7.85. The Balaban J connectivity index is 1.20. The van der Waals surface area contributed by atoms with Crippen molar-refractivity contribution in [2.45, 2.75) is 37.0 Å². The molecule has 14 nitrogen and oxygen atoms in total. The highest BCUT2D eigenvalue weighted by Crippen LogP contribution is 2.48. The Hall–Kier alpha value is -5.97. The number of nitrogens with zero attached hydrogens (tertiary/aromatic N) is 4. The van der Waals surface area contributed by atoms with Gasteiger partial charge in [0.2, 0.25) is 11.9 Å². The minimum atomic E-state index is -4.64. The molecule has 0 bridgehead atoms. The highest BCUT2D eigenvalue weighted by Gasteiger charge is 2.45. The lowest BCUT2D eigenvalue weighted by Gasteiger charge is -2.19. The van der Waals surface area contributed by atoms with Crippen LogP contribution in [0.2, 0.25) is 5.02 Å². The number of halogens is 4. The maximum atomic E-state index is 12.9. The van der Waals surface area contributed by atoms with Crippen molar-refractivity contribution in [3.05, 3.63) is 95.0 Å². The highest BCUT2D eigenvalue weighted by atomic mass is 35.5. The number of nitrogens with one attached hydrogen (secondary N) is 4. The second kappa shape index (κ2) is 15.9. The van der Waals surface area contributed by atoms with Gasteiger partial charge in [-0.25, -0.2) is 4.79 Å². The number of carboxylic acids is 1. The molecule has 52 heavy (non-hydrogen) atoms. The van der Waals surface area contributed by atoms with Crippen molar-refractivity contribution < 1.29 is 42.2 Å². The topological polar surface area (TPSA) is 188 Å². The molecule has 272 valence electrons. The van der Waals surface area contributed by atoms with Crippen LogP contribution in [-0.4, -0.2) is 76.2 Å². The lowest BCUT2D eigenvalue weighted by atomic mass is 10.1. The zero-order chi connectivity index (χ0) is 37.5. The summed E-state index contributed by atoms with van der Waals surface area (Å²) in [5.74, 6) is -4.09. The Kier molecular flexibility index (Phi) is 11.4. The number of ether oxygens (including phenoxy) is 1. The van der Waals surface area contributed by atoms with E-state index in [4.69, 9.17) is 16.3 Å². The van der Waals surface area contributed by atoms with Gasteiger partial charge in [0, 0.05) is 35.6 Å². The van der Waals surface area contributed by atoms with Gasteiger partial charge in [0.15, 0.2) is 6.61 Å². The second-order valence-corrected chi connectivity index (χ2v) is 12.1. The van der Waals surface area contributed by atoms with E-state index in [0.717, 1.165) is 10.5 Å². The van der Waals surface area contributed by atoms with Gasteiger partial charge in [-0.1, -0.05) is 41.9 Å². The van der Waals surface area contributed by atoms with Crippen LogP contribution in [0.1, 0.15) is 35.2 Å². The number of alkyl halides is 3. The van der Waals surface area contributed by atoms with E-state index >= 15 is 0 Å². The Labute approximate surface area is 299 Å². The molecule has 0 spiro atoms. The molecule has 0 radical (unpaired) electrons. The minimum absolute atomic E-state index is 0.0402. The van der Waals surface area contributed by atoms with Gasteiger partial charge in [0.25, 0.3) is 5.91 Å². The summed E-state index contributed by atoms with van der Waals surface area (Å²) < 4.78 is 43.6. The molecule has 5 rings (SSSR count). The lowest BCUT2D eigenvalue weighted by molar-refractivity contribution is -0.154. The number of carboxylic acid groups (broad SMARTS) is 1. The summed E-state index contributed by atoms with van der Waals surface area (Å²) in [7, 11) is 1.43. The molecular formula is C34H32ClF3N8O6. The Morgan fingerprint density at radius 3 is 2.21 bits per heavy atom. The number of aliphatic carboxylic acids is 1. The van der Waals surface area contributed by atoms with Gasteiger partial charge >= 0.3 is 30.0 Å². The van der Waals surface area contributed by atoms with Crippen LogP contribution >= 0.6 is 11.6 Å². The quantitative estimate of drug-likeness (QED) is 0.113. The van der Waals surface area contributed by atoms with Gasteiger partial charge in [-0.3, -0.25) is 14.4 Å². The first-order chi connectivity index (χ1) is 24.7. The third-order valence-corrected chi connectivity index (χ3v) is 8.10. The monoisotopic (exact) mass is 740 g/mol. The summed E-state index contributed by atoms with van der Waals surface area (Å²) in [6.07, 6.45) is -3.45. The van der Waals surface area contributed by atoms with E-state index in [-0.39, 0.29) is 30.4 Å². The number of hydrogen-bond acceptors (Lipinski definition) is 10. The predicted molar refractivity (Wildman–Crippen MR) is 183 cm³/mol. The number of hydrogen-bond donors (Lipinski definition) is 5. The second-order valence-electron chi connectivity index (χ2n) is 11.7. The van der Waals surface area contributed by atoms with Crippen molar-refractivity contribution >= 4 is 58.6 Å². The van der Waals surface area contributed by atoms with Crippen molar-refractivity contribution in [1.82, 2.24) is 25.6 Å². The summed E-state index contributed by atoms with van der Waals surface area (Å²) in [6.45, 7) is -1.85. The van der Waals surface area contributed by atoms with Gasteiger partial charge in [-0.15, -0.1) is 0 Å². The number of rotatable bonds is 14. The number of amides is 3. The van der Waals surface area contributed by atoms with Gasteiger partial charge in [-0.2, -0.15) is 28.1 Å². The number of benzene rings is 3. The van der Waals surface area contributed by atoms with Crippen molar-refractivity contribution in [2.24, 2.45) is 0 Å². The lowest BCUT2D eigenvalue weighted by Crippen LogP contribution is -2.45. The van der Waals surface area contributed by atoms with Crippen LogP contribution in [0.5, 0.6) is 6.01 Å². The molecule has 4 aromatic rings. The number of aromatic nitrogens is 3. The van der Waals surface area contributed by atoms with Gasteiger partial charge < -0.3 is 36.0 Å². The SMILES string of the molecule is CN(C(=O)C(=O)NCC[C@H](NC(=O)c1ccc(Nc2nc(NC3(c4ccc(Cl)cc4)CC3)nc(OCC(F)(F)F)n2)cc1)C(=O)O)c1ccccc1. The van der Waals surface area contributed by atoms with Crippen LogP contribution in [0, 0.1) is 0 Å². The first-order valence-electron chi connectivity index (χ1n) is 15.7. The van der Waals surface area contributed by atoms with E-state index < -0.39 is 54.1 Å². The van der Waals surface area contributed by atoms with Crippen molar-refractivity contribution in [2.75, 3.05) is 35.7 Å². The van der Waals surface area contributed by atoms with E-state index in [9.17, 15) is 37.5 Å². The van der Waals surface area contributed by atoms with Crippen molar-refractivity contribution in [1.29, 1.82) is 0 Å². The summed E-state index contributed by atoms with van der Waals surface area (Å²) >= 11 is 6.01. The van der Waals surface area contributed by atoms with E-state index in [2.05, 4.69) is 36.2 Å². The first kappa shape index (κ1) is 37.3. The van der Waals surface area contributed by atoms with Gasteiger partial charge in [0.1, 0.15) is 6.04 Å². The number of para-hydroxylation sites is 1. The smallest absolute Gasteiger partial charge is 0.422 e. The Morgan fingerprint density at radius 1 is 0.942 bits per heavy atom. The number of anilines is 4. The summed E-state index contributed by atoms with van der Waals surface area (Å²) in [5.41, 5.74) is 1.22. The Morgan fingerprint density at radius 2 is 1.60 bits per heavy atom. The molecule has 1 aliphatic carbocycles. The molecule has 3 amide bonds. The van der Waals surface area contributed by atoms with Crippen LogP contribution in [0.4, 0.5) is 36.4 Å². The number of likely N-dealkylation sites (N-methyl/N-ethyl adjacent to an activating group) is 1. The van der Waals surface area contributed by atoms with E-state index in [1.807, 2.05) is 12.1 Å². The molecule has 1 fully saturated rings. The molecule has 1 aromatic heterocycles. The highest BCUT2D eigenvalue weighted by molar-refractivity contribution is 6.40. The molecule has 1 saturated carbocycles. The zero-order valence-electron chi connectivity index (χ0n) is 27.4. The fourth-order valence-corrected chi connectivity index (χ4v) is 5.06. The first-order valence-corrected chi connectivity index (χ1v) is 16.1. The maximum Gasteiger partial charge on any atom is 0.422 e. The summed E-state index contributed by atoms with van der Waals surface area (Å²) in [4.78, 5) is 62.9. The fourth-order valence-electron chi connectivity index (χ4n) is 4.93. The molecular weight excluding hydrogens is 709 g/mol. The molecule has 0 aliphatic heterocycles. The van der Waals surface area contributed by atoms with Crippen LogP contribution in [-0.2, 0) is 19.9 Å². The normalized spacial score (nSPS) is 13.6. The van der Waals surface area contributed by atoms with Gasteiger partial charge in [0.05, 0.1) is 5.54 Å². The van der Waals surface area contributed by atoms with Gasteiger partial charge in [-0.05, 0) is 73.4 Å². The molecule has 3 aromatic carbocycles. The molecule has 18 heteroatoms. The molecule has 1 heterocycles. The molecule has 5 N–H and O–H groups in total. The summed E-state index contributed by atoms with van der Waals surface area (Å²) in [6, 6.07) is 19.2. The predicted octanol–water partition coefficient (Wildman–Crippen LogP) is 4.66. The molecule has 0 saturated heterocycles. The van der Waals surface area contributed by atoms with Crippen molar-refractivity contribution in [3.8, 4) is 6.01 Å². The fraction of sp³-hybridized carbons (Fsp3) is 0.265. The molecule has 1 aliphatic rings. The average Bonchev–Trinajstić information content (AvgIpc) is 3.90. The van der Waals surface area contributed by atoms with Crippen LogP contribution in [0.3, 0.4) is 0 Å². The van der Waals surface area contributed by atoms with Crippen LogP contribution in [0.15, 0.2) is 78.9 Å². The number of carbonyl (C=O) groups is 4. The minimum Gasteiger partial charge on any atom is -0.480 e. The zero-order valence-corrected chi connectivity index (χ0v) is 28.2. The van der Waals surface area contributed by atoms with E-state index in [0.29, 0.717) is 29.2 Å². The van der Waals surface area contributed by atoms with Crippen LogP contribution in [0.25, 0.3) is 0 Å². The van der Waals surface area contributed by atoms with E-state index in [1.54, 1.807) is 42.5 Å². The Bertz CT molecular complexity index is 1910. The molecule has 0 unspecified atom stereocenters.